The molecule has 2 aromatic heterocycles. The number of hydrogen-bond acceptors (Lipinski definition) is 3. The first-order valence-electron chi connectivity index (χ1n) is 8.36. The second-order valence-electron chi connectivity index (χ2n) is 6.18. The fourth-order valence-electron chi connectivity index (χ4n) is 2.87. The number of H-pyrrole nitrogens is 1. The molecule has 3 N–H and O–H groups in total. The maximum absolute atomic E-state index is 12.5. The fourth-order valence-corrected chi connectivity index (χ4v) is 2.87. The van der Waals surface area contributed by atoms with E-state index in [9.17, 15) is 4.79 Å². The molecule has 2 heterocycles. The number of fused-ring (bicyclic) bond motifs is 1. The van der Waals surface area contributed by atoms with Crippen LogP contribution in [0.1, 0.15) is 28.8 Å². The van der Waals surface area contributed by atoms with E-state index in [1.54, 1.807) is 12.3 Å². The van der Waals surface area contributed by atoms with Gasteiger partial charge in [-0.2, -0.15) is 0 Å². The molecule has 5 nitrogen and oxygen atoms in total. The molecule has 0 bridgehead atoms. The Morgan fingerprint density at radius 3 is 2.96 bits per heavy atom. The van der Waals surface area contributed by atoms with Crippen LogP contribution >= 0.6 is 0 Å². The van der Waals surface area contributed by atoms with Gasteiger partial charge in [0.05, 0.1) is 5.56 Å². The van der Waals surface area contributed by atoms with Crippen LogP contribution in [0.25, 0.3) is 10.9 Å². The van der Waals surface area contributed by atoms with E-state index < -0.39 is 0 Å². The van der Waals surface area contributed by atoms with E-state index in [1.807, 2.05) is 24.4 Å². The lowest BCUT2D eigenvalue weighted by Crippen LogP contribution is -2.27. The molecule has 0 saturated heterocycles. The van der Waals surface area contributed by atoms with Crippen LogP contribution in [0.4, 0.5) is 5.82 Å². The molecule has 1 aliphatic rings. The maximum Gasteiger partial charge on any atom is 0.255 e. The molecule has 1 aliphatic carbocycles. The second kappa shape index (κ2) is 6.35. The van der Waals surface area contributed by atoms with E-state index in [-0.39, 0.29) is 5.91 Å². The van der Waals surface area contributed by atoms with Crippen LogP contribution in [-0.4, -0.2) is 28.5 Å². The van der Waals surface area contributed by atoms with Crippen LogP contribution in [0.15, 0.2) is 48.8 Å². The Balaban J connectivity index is 1.40. The molecule has 0 radical (unpaired) electrons. The number of nitrogens with zero attached hydrogens (tertiary/aromatic N) is 1. The first-order chi connectivity index (χ1) is 11.8. The van der Waals surface area contributed by atoms with Crippen LogP contribution in [0.5, 0.6) is 0 Å². The first kappa shape index (κ1) is 14.8. The number of pyridine rings is 1. The summed E-state index contributed by atoms with van der Waals surface area (Å²) in [4.78, 5) is 20.0. The molecule has 1 saturated carbocycles. The summed E-state index contributed by atoms with van der Waals surface area (Å²) in [5.41, 5.74) is 2.96. The number of benzene rings is 1. The summed E-state index contributed by atoms with van der Waals surface area (Å²) in [5.74, 6) is 0.607. The third-order valence-electron chi connectivity index (χ3n) is 4.33. The molecular weight excluding hydrogens is 300 g/mol. The number of para-hydroxylation sites is 1. The van der Waals surface area contributed by atoms with E-state index in [0.29, 0.717) is 24.0 Å². The number of nitrogens with one attached hydrogen (secondary N) is 3. The van der Waals surface area contributed by atoms with Crippen molar-refractivity contribution in [2.45, 2.75) is 25.3 Å². The number of anilines is 1. The minimum atomic E-state index is -0.0777. The van der Waals surface area contributed by atoms with Gasteiger partial charge in [0.25, 0.3) is 5.91 Å². The van der Waals surface area contributed by atoms with Gasteiger partial charge in [0.2, 0.25) is 0 Å². The van der Waals surface area contributed by atoms with E-state index in [0.717, 1.165) is 24.8 Å². The number of aromatic amines is 1. The zero-order chi connectivity index (χ0) is 16.4. The van der Waals surface area contributed by atoms with Gasteiger partial charge < -0.3 is 15.6 Å². The van der Waals surface area contributed by atoms with Crippen LogP contribution in [-0.2, 0) is 6.42 Å². The Labute approximate surface area is 140 Å². The van der Waals surface area contributed by atoms with Crippen molar-refractivity contribution in [3.05, 3.63) is 59.9 Å². The fraction of sp³-hybridized carbons (Fsp3) is 0.263. The average molecular weight is 320 g/mol. The second-order valence-corrected chi connectivity index (χ2v) is 6.18. The summed E-state index contributed by atoms with van der Waals surface area (Å²) in [5, 5.41) is 7.53. The largest absolute Gasteiger partial charge is 0.367 e. The lowest BCUT2D eigenvalue weighted by molar-refractivity contribution is 0.0954. The average Bonchev–Trinajstić information content (AvgIpc) is 3.34. The Kier molecular flexibility index (Phi) is 3.91. The molecule has 0 aliphatic heterocycles. The quantitative estimate of drug-likeness (QED) is 0.653. The molecule has 0 unspecified atom stereocenters. The summed E-state index contributed by atoms with van der Waals surface area (Å²) in [6, 6.07) is 12.3. The molecule has 0 spiro atoms. The van der Waals surface area contributed by atoms with Gasteiger partial charge in [0, 0.05) is 35.9 Å². The van der Waals surface area contributed by atoms with E-state index in [4.69, 9.17) is 0 Å². The van der Waals surface area contributed by atoms with Crippen molar-refractivity contribution in [1.29, 1.82) is 0 Å². The highest BCUT2D eigenvalue weighted by atomic mass is 16.1. The highest BCUT2D eigenvalue weighted by Gasteiger charge is 2.23. The number of carbonyl (C=O) groups is 1. The van der Waals surface area contributed by atoms with E-state index >= 15 is 0 Å². The van der Waals surface area contributed by atoms with Crippen molar-refractivity contribution >= 4 is 22.6 Å². The molecule has 1 amide bonds. The van der Waals surface area contributed by atoms with Crippen LogP contribution < -0.4 is 10.6 Å². The summed E-state index contributed by atoms with van der Waals surface area (Å²) in [6.07, 6.45) is 6.83. The highest BCUT2D eigenvalue weighted by molar-refractivity contribution is 5.98. The predicted molar refractivity (Wildman–Crippen MR) is 95.2 cm³/mol. The Morgan fingerprint density at radius 1 is 1.21 bits per heavy atom. The standard InChI is InChI=1S/C19H20N4O/c24-19(16-5-3-10-20-18(16)23-14-7-8-14)21-11-9-13-12-22-17-6-2-1-4-15(13)17/h1-6,10,12,14,22H,7-9,11H2,(H,20,23)(H,21,24). The van der Waals surface area contributed by atoms with Gasteiger partial charge in [-0.25, -0.2) is 4.98 Å². The zero-order valence-corrected chi connectivity index (χ0v) is 13.4. The number of carbonyl (C=O) groups excluding carboxylic acids is 1. The third kappa shape index (κ3) is 3.11. The number of amides is 1. The van der Waals surface area contributed by atoms with E-state index in [2.05, 4.69) is 32.7 Å². The highest BCUT2D eigenvalue weighted by Crippen LogP contribution is 2.25. The zero-order valence-electron chi connectivity index (χ0n) is 13.4. The predicted octanol–water partition coefficient (Wildman–Crippen LogP) is 3.11. The molecule has 5 heteroatoms. The van der Waals surface area contributed by atoms with Gasteiger partial charge in [0.1, 0.15) is 5.82 Å². The summed E-state index contributed by atoms with van der Waals surface area (Å²) in [6.45, 7) is 0.596. The van der Waals surface area contributed by atoms with Crippen LogP contribution in [0, 0.1) is 0 Å². The van der Waals surface area contributed by atoms with Crippen LogP contribution in [0.3, 0.4) is 0 Å². The van der Waals surface area contributed by atoms with Gasteiger partial charge in [-0.1, -0.05) is 18.2 Å². The van der Waals surface area contributed by atoms with Crippen molar-refractivity contribution in [2.75, 3.05) is 11.9 Å². The normalized spacial score (nSPS) is 13.8. The first-order valence-corrected chi connectivity index (χ1v) is 8.36. The molecule has 122 valence electrons. The van der Waals surface area contributed by atoms with Gasteiger partial charge in [-0.3, -0.25) is 4.79 Å². The minimum absolute atomic E-state index is 0.0777. The Bertz CT molecular complexity index is 866. The Hall–Kier alpha value is -2.82. The van der Waals surface area contributed by atoms with E-state index in [1.165, 1.54) is 10.9 Å². The SMILES string of the molecule is O=C(NCCc1c[nH]c2ccccc12)c1cccnc1NC1CC1. The van der Waals surface area contributed by atoms with Crippen molar-refractivity contribution in [3.8, 4) is 0 Å². The van der Waals surface area contributed by atoms with Gasteiger partial charge in [0.15, 0.2) is 0 Å². The lowest BCUT2D eigenvalue weighted by Gasteiger charge is -2.10. The smallest absolute Gasteiger partial charge is 0.255 e. The van der Waals surface area contributed by atoms with Gasteiger partial charge in [-0.15, -0.1) is 0 Å². The number of hydrogen-bond donors (Lipinski definition) is 3. The molecule has 0 atom stereocenters. The maximum atomic E-state index is 12.5. The van der Waals surface area contributed by atoms with Crippen molar-refractivity contribution in [1.82, 2.24) is 15.3 Å². The van der Waals surface area contributed by atoms with Crippen molar-refractivity contribution in [3.63, 3.8) is 0 Å². The summed E-state index contributed by atoms with van der Waals surface area (Å²) < 4.78 is 0. The van der Waals surface area contributed by atoms with Crippen molar-refractivity contribution in [2.24, 2.45) is 0 Å². The van der Waals surface area contributed by atoms with Crippen molar-refractivity contribution < 1.29 is 4.79 Å². The molecule has 24 heavy (non-hydrogen) atoms. The molecular formula is C19H20N4O. The third-order valence-corrected chi connectivity index (χ3v) is 4.33. The van der Waals surface area contributed by atoms with Crippen LogP contribution in [0.2, 0.25) is 0 Å². The Morgan fingerprint density at radius 2 is 2.08 bits per heavy atom. The topological polar surface area (TPSA) is 69.8 Å². The minimum Gasteiger partial charge on any atom is -0.367 e. The molecule has 1 aromatic carbocycles. The molecule has 1 fully saturated rings. The number of rotatable bonds is 6. The summed E-state index contributed by atoms with van der Waals surface area (Å²) >= 11 is 0. The molecule has 3 aromatic rings. The monoisotopic (exact) mass is 320 g/mol. The summed E-state index contributed by atoms with van der Waals surface area (Å²) in [7, 11) is 0. The van der Waals surface area contributed by atoms with Gasteiger partial charge >= 0.3 is 0 Å². The molecule has 4 rings (SSSR count). The number of aromatic nitrogens is 2. The van der Waals surface area contributed by atoms with Gasteiger partial charge in [-0.05, 0) is 43.0 Å². The lowest BCUT2D eigenvalue weighted by atomic mass is 10.1.